The third-order valence-corrected chi connectivity index (χ3v) is 9.92. The van der Waals surface area contributed by atoms with Crippen molar-refractivity contribution in [2.24, 2.45) is 0 Å². The molecule has 0 bridgehead atoms. The van der Waals surface area contributed by atoms with E-state index in [4.69, 9.17) is 0 Å². The predicted molar refractivity (Wildman–Crippen MR) is 93.3 cm³/mol. The molecule has 0 aliphatic heterocycles. The molecule has 0 aromatic carbocycles. The van der Waals surface area contributed by atoms with Crippen molar-refractivity contribution >= 4 is 8.32 Å². The molecule has 0 aromatic heterocycles. The monoisotopic (exact) mass is 299 g/mol. The Hall–Kier alpha value is 0.177. The average molecular weight is 300 g/mol. The molecule has 0 aliphatic rings. The van der Waals surface area contributed by atoms with Crippen LogP contribution in [0, 0.1) is 0 Å². The SMILES string of the molecule is CCCCCCCCCCCC[Si]([O])(C(C)C)C(C)C. The zero-order valence-corrected chi connectivity index (χ0v) is 15.8. The van der Waals surface area contributed by atoms with Gasteiger partial charge in [0.05, 0.1) is 0 Å². The van der Waals surface area contributed by atoms with Crippen molar-refractivity contribution in [1.82, 2.24) is 0 Å². The number of unbranched alkanes of at least 4 members (excludes halogenated alkanes) is 9. The van der Waals surface area contributed by atoms with E-state index in [-0.39, 0.29) is 0 Å². The summed E-state index contributed by atoms with van der Waals surface area (Å²) < 4.78 is 0. The molecule has 1 radical (unpaired) electrons. The summed E-state index contributed by atoms with van der Waals surface area (Å²) in [4.78, 5) is 12.9. The maximum absolute atomic E-state index is 12.9. The summed E-state index contributed by atoms with van der Waals surface area (Å²) in [6.07, 6.45) is 13.6. The van der Waals surface area contributed by atoms with E-state index in [9.17, 15) is 4.80 Å². The van der Waals surface area contributed by atoms with Crippen molar-refractivity contribution < 1.29 is 4.80 Å². The Labute approximate surface area is 129 Å². The van der Waals surface area contributed by atoms with Gasteiger partial charge in [-0.15, -0.1) is 0 Å². The Balaban J connectivity index is 3.51. The van der Waals surface area contributed by atoms with Crippen molar-refractivity contribution in [3.05, 3.63) is 0 Å². The lowest BCUT2D eigenvalue weighted by Gasteiger charge is -2.30. The maximum atomic E-state index is 12.9. The molecule has 0 saturated heterocycles. The van der Waals surface area contributed by atoms with Gasteiger partial charge in [-0.05, 0) is 17.1 Å². The normalized spacial score (nSPS) is 12.6. The van der Waals surface area contributed by atoms with Gasteiger partial charge in [0.1, 0.15) is 0 Å². The summed E-state index contributed by atoms with van der Waals surface area (Å²) in [5, 5.41) is 0. The second kappa shape index (κ2) is 11.8. The van der Waals surface area contributed by atoms with Gasteiger partial charge in [-0.3, -0.25) is 4.80 Å². The summed E-state index contributed by atoms with van der Waals surface area (Å²) in [6, 6.07) is 0.999. The minimum absolute atomic E-state index is 0.390. The molecule has 0 aromatic rings. The second-order valence-electron chi connectivity index (χ2n) is 7.20. The van der Waals surface area contributed by atoms with E-state index in [2.05, 4.69) is 34.6 Å². The first-order valence-corrected chi connectivity index (χ1v) is 11.4. The van der Waals surface area contributed by atoms with E-state index in [1.54, 1.807) is 0 Å². The van der Waals surface area contributed by atoms with E-state index in [1.165, 1.54) is 64.2 Å². The molecule has 0 saturated carbocycles. The van der Waals surface area contributed by atoms with Crippen molar-refractivity contribution in [3.8, 4) is 0 Å². The third-order valence-electron chi connectivity index (χ3n) is 4.88. The third kappa shape index (κ3) is 8.46. The molecular formula is C18H39OSi. The molecule has 20 heavy (non-hydrogen) atoms. The topological polar surface area (TPSA) is 19.9 Å². The summed E-state index contributed by atoms with van der Waals surface area (Å²) in [6.45, 7) is 10.9. The van der Waals surface area contributed by atoms with Gasteiger partial charge in [0.2, 0.25) is 8.32 Å². The van der Waals surface area contributed by atoms with Crippen LogP contribution in [0.5, 0.6) is 0 Å². The summed E-state index contributed by atoms with van der Waals surface area (Å²) >= 11 is 0. The predicted octanol–water partition coefficient (Wildman–Crippen LogP) is 7.10. The minimum atomic E-state index is -2.24. The average Bonchev–Trinajstić information content (AvgIpc) is 2.40. The second-order valence-corrected chi connectivity index (χ2v) is 11.9. The Morgan fingerprint density at radius 1 is 0.650 bits per heavy atom. The van der Waals surface area contributed by atoms with Crippen LogP contribution >= 0.6 is 0 Å². The van der Waals surface area contributed by atoms with E-state index in [1.807, 2.05) is 0 Å². The van der Waals surface area contributed by atoms with E-state index in [0.29, 0.717) is 11.1 Å². The van der Waals surface area contributed by atoms with Gasteiger partial charge >= 0.3 is 0 Å². The van der Waals surface area contributed by atoms with Crippen LogP contribution in [0.3, 0.4) is 0 Å². The lowest BCUT2D eigenvalue weighted by Crippen LogP contribution is -2.39. The van der Waals surface area contributed by atoms with E-state index < -0.39 is 8.32 Å². The van der Waals surface area contributed by atoms with Crippen molar-refractivity contribution in [1.29, 1.82) is 0 Å². The highest BCUT2D eigenvalue weighted by atomic mass is 28.4. The van der Waals surface area contributed by atoms with Crippen LogP contribution in [0.15, 0.2) is 0 Å². The van der Waals surface area contributed by atoms with Gasteiger partial charge in [-0.1, -0.05) is 98.8 Å². The quantitative estimate of drug-likeness (QED) is 0.255. The highest BCUT2D eigenvalue weighted by molar-refractivity contribution is 6.74. The smallest absolute Gasteiger partial charge is 0.242 e. The Morgan fingerprint density at radius 3 is 1.35 bits per heavy atom. The van der Waals surface area contributed by atoms with Crippen molar-refractivity contribution in [2.75, 3.05) is 0 Å². The first kappa shape index (κ1) is 20.2. The Kier molecular flexibility index (Phi) is 11.9. The zero-order valence-electron chi connectivity index (χ0n) is 14.8. The molecule has 0 heterocycles. The van der Waals surface area contributed by atoms with Gasteiger partial charge in [0.15, 0.2) is 0 Å². The highest BCUT2D eigenvalue weighted by Gasteiger charge is 2.40. The largest absolute Gasteiger partial charge is 0.297 e. The minimum Gasteiger partial charge on any atom is -0.297 e. The molecule has 0 unspecified atom stereocenters. The molecule has 0 amide bonds. The van der Waals surface area contributed by atoms with Crippen LogP contribution in [0.2, 0.25) is 17.1 Å². The van der Waals surface area contributed by atoms with Crippen LogP contribution in [0.4, 0.5) is 0 Å². The summed E-state index contributed by atoms with van der Waals surface area (Å²) in [7, 11) is -2.24. The summed E-state index contributed by atoms with van der Waals surface area (Å²) in [5.41, 5.74) is 0.780. The molecule has 2 heteroatoms. The number of hydrogen-bond donors (Lipinski definition) is 0. The molecule has 121 valence electrons. The molecular weight excluding hydrogens is 260 g/mol. The van der Waals surface area contributed by atoms with Gasteiger partial charge in [-0.2, -0.15) is 0 Å². The molecule has 0 aliphatic carbocycles. The Bertz CT molecular complexity index is 205. The molecule has 0 rings (SSSR count). The maximum Gasteiger partial charge on any atom is 0.242 e. The highest BCUT2D eigenvalue weighted by Crippen LogP contribution is 2.35. The fourth-order valence-corrected chi connectivity index (χ4v) is 6.42. The van der Waals surface area contributed by atoms with Gasteiger partial charge in [-0.25, -0.2) is 0 Å². The standard InChI is InChI=1S/C18H39OSi/c1-6-7-8-9-10-11-12-13-14-15-16-20(19,17(2)3)18(4)5/h17-18H,6-16H2,1-5H3. The summed E-state index contributed by atoms with van der Waals surface area (Å²) in [5.74, 6) is 0. The fraction of sp³-hybridized carbons (Fsp3) is 1.00. The van der Waals surface area contributed by atoms with Gasteiger partial charge < -0.3 is 0 Å². The first-order chi connectivity index (χ1) is 9.45. The number of rotatable bonds is 13. The lowest BCUT2D eigenvalue weighted by molar-refractivity contribution is 0.383. The molecule has 0 atom stereocenters. The van der Waals surface area contributed by atoms with Crippen molar-refractivity contribution in [2.45, 2.75) is 116 Å². The molecule has 0 N–H and O–H groups in total. The van der Waals surface area contributed by atoms with Crippen LogP contribution in [0.25, 0.3) is 0 Å². The molecule has 0 spiro atoms. The lowest BCUT2D eigenvalue weighted by atomic mass is 10.1. The molecule has 0 fully saturated rings. The molecule has 1 nitrogen and oxygen atoms in total. The van der Waals surface area contributed by atoms with Crippen molar-refractivity contribution in [3.63, 3.8) is 0 Å². The van der Waals surface area contributed by atoms with E-state index in [0.717, 1.165) is 6.04 Å². The van der Waals surface area contributed by atoms with Crippen LogP contribution in [-0.4, -0.2) is 8.32 Å². The van der Waals surface area contributed by atoms with Gasteiger partial charge in [0, 0.05) is 0 Å². The Morgan fingerprint density at radius 2 is 1.00 bits per heavy atom. The van der Waals surface area contributed by atoms with Crippen LogP contribution in [0.1, 0.15) is 98.8 Å². The van der Waals surface area contributed by atoms with Crippen LogP contribution in [-0.2, 0) is 4.80 Å². The van der Waals surface area contributed by atoms with Crippen LogP contribution < -0.4 is 0 Å². The number of hydrogen-bond acceptors (Lipinski definition) is 0. The first-order valence-electron chi connectivity index (χ1n) is 9.15. The fourth-order valence-electron chi connectivity index (χ4n) is 3.13. The van der Waals surface area contributed by atoms with E-state index >= 15 is 0 Å². The zero-order chi connectivity index (χ0) is 15.4. The van der Waals surface area contributed by atoms with Gasteiger partial charge in [0.25, 0.3) is 0 Å².